The van der Waals surface area contributed by atoms with Crippen LogP contribution in [0.4, 0.5) is 0 Å². The molecule has 0 saturated heterocycles. The Kier molecular flexibility index (Phi) is 2.67. The maximum absolute atomic E-state index is 12.0. The lowest BCUT2D eigenvalue weighted by Crippen LogP contribution is -1.97. The van der Waals surface area contributed by atoms with Gasteiger partial charge in [0.2, 0.25) is 5.78 Å². The van der Waals surface area contributed by atoms with E-state index in [0.717, 1.165) is 15.3 Å². The zero-order valence-corrected chi connectivity index (χ0v) is 9.91. The molecule has 2 aromatic heterocycles. The molecule has 0 bridgehead atoms. The summed E-state index contributed by atoms with van der Waals surface area (Å²) in [7, 11) is 0. The maximum atomic E-state index is 12.0. The third kappa shape index (κ3) is 1.98. The van der Waals surface area contributed by atoms with Crippen LogP contribution in [0.25, 0.3) is 0 Å². The number of carbonyl (C=O) groups is 1. The van der Waals surface area contributed by atoms with E-state index in [9.17, 15) is 4.79 Å². The number of thiophene rings is 1. The van der Waals surface area contributed by atoms with Crippen LogP contribution in [0, 0.1) is 13.8 Å². The van der Waals surface area contributed by atoms with E-state index < -0.39 is 0 Å². The van der Waals surface area contributed by atoms with Crippen LogP contribution in [0.3, 0.4) is 0 Å². The van der Waals surface area contributed by atoms with E-state index in [1.54, 1.807) is 12.1 Å². The maximum Gasteiger partial charge on any atom is 0.238 e. The molecule has 0 fully saturated rings. The average molecular weight is 241 g/mol. The summed E-state index contributed by atoms with van der Waals surface area (Å²) >= 11 is 7.10. The van der Waals surface area contributed by atoms with Gasteiger partial charge in [0.1, 0.15) is 0 Å². The highest BCUT2D eigenvalue weighted by molar-refractivity contribution is 7.14. The second-order valence-electron chi connectivity index (χ2n) is 3.30. The first-order chi connectivity index (χ1) is 7.08. The number of aryl methyl sites for hydroxylation is 2. The fourth-order valence-corrected chi connectivity index (χ4v) is 2.53. The van der Waals surface area contributed by atoms with Crippen molar-refractivity contribution in [1.29, 1.82) is 0 Å². The van der Waals surface area contributed by atoms with Crippen LogP contribution in [-0.2, 0) is 0 Å². The molecule has 0 unspecified atom stereocenters. The van der Waals surface area contributed by atoms with E-state index in [-0.39, 0.29) is 11.0 Å². The highest BCUT2D eigenvalue weighted by Gasteiger charge is 2.17. The van der Waals surface area contributed by atoms with Crippen LogP contribution in [0.1, 0.15) is 25.9 Å². The Hall–Kier alpha value is -1.06. The van der Waals surface area contributed by atoms with Crippen LogP contribution in [0.2, 0.25) is 5.22 Å². The third-order valence-corrected chi connectivity index (χ3v) is 3.40. The molecule has 0 aliphatic heterocycles. The number of ketones is 1. The molecule has 0 atom stereocenters. The van der Waals surface area contributed by atoms with E-state index in [0.29, 0.717) is 5.76 Å². The van der Waals surface area contributed by atoms with Gasteiger partial charge in [-0.05, 0) is 49.2 Å². The summed E-state index contributed by atoms with van der Waals surface area (Å²) < 4.78 is 5.09. The van der Waals surface area contributed by atoms with E-state index in [1.165, 1.54) is 11.3 Å². The first-order valence-corrected chi connectivity index (χ1v) is 5.64. The lowest BCUT2D eigenvalue weighted by Gasteiger charge is -1.94. The zero-order chi connectivity index (χ0) is 11.0. The van der Waals surface area contributed by atoms with Crippen molar-refractivity contribution in [2.24, 2.45) is 0 Å². The smallest absolute Gasteiger partial charge is 0.238 e. The molecule has 0 radical (unpaired) electrons. The number of furan rings is 1. The van der Waals surface area contributed by atoms with Crippen molar-refractivity contribution in [2.45, 2.75) is 13.8 Å². The normalized spacial score (nSPS) is 10.6. The molecule has 4 heteroatoms. The van der Waals surface area contributed by atoms with E-state index in [4.69, 9.17) is 16.0 Å². The molecule has 2 aromatic rings. The third-order valence-electron chi connectivity index (χ3n) is 2.04. The Labute approximate surface area is 96.5 Å². The van der Waals surface area contributed by atoms with E-state index >= 15 is 0 Å². The Morgan fingerprint density at radius 2 is 2.13 bits per heavy atom. The van der Waals surface area contributed by atoms with Crippen molar-refractivity contribution < 1.29 is 9.21 Å². The second kappa shape index (κ2) is 3.83. The summed E-state index contributed by atoms with van der Waals surface area (Å²) in [6, 6.07) is 5.16. The van der Waals surface area contributed by atoms with Crippen molar-refractivity contribution in [3.8, 4) is 0 Å². The molecular formula is C11H9ClO2S. The molecule has 2 rings (SSSR count). The first kappa shape index (κ1) is 10.5. The molecule has 0 aliphatic carbocycles. The van der Waals surface area contributed by atoms with Gasteiger partial charge in [-0.15, -0.1) is 11.3 Å². The Morgan fingerprint density at radius 3 is 2.60 bits per heavy atom. The number of hydrogen-bond acceptors (Lipinski definition) is 3. The van der Waals surface area contributed by atoms with E-state index in [2.05, 4.69) is 0 Å². The zero-order valence-electron chi connectivity index (χ0n) is 8.33. The fraction of sp³-hybridized carbons (Fsp3) is 0.182. The number of rotatable bonds is 2. The van der Waals surface area contributed by atoms with Gasteiger partial charge in [-0.3, -0.25) is 4.79 Å². The van der Waals surface area contributed by atoms with Crippen molar-refractivity contribution in [3.05, 3.63) is 44.5 Å². The van der Waals surface area contributed by atoms with Gasteiger partial charge in [0.15, 0.2) is 11.0 Å². The molecule has 2 nitrogen and oxygen atoms in total. The molecule has 0 aromatic carbocycles. The van der Waals surface area contributed by atoms with Crippen LogP contribution in [0.15, 0.2) is 22.6 Å². The van der Waals surface area contributed by atoms with Crippen LogP contribution in [0.5, 0.6) is 0 Å². The van der Waals surface area contributed by atoms with Crippen molar-refractivity contribution >= 4 is 28.7 Å². The van der Waals surface area contributed by atoms with Gasteiger partial charge in [-0.1, -0.05) is 0 Å². The summed E-state index contributed by atoms with van der Waals surface area (Å²) in [5, 5.41) is 0.240. The standard InChI is InChI=1S/C11H9ClO2S/c1-6-5-7(2)15-11(6)10(13)8-3-4-9(12)14-8/h3-5H,1-2H3. The number of halogens is 1. The minimum Gasteiger partial charge on any atom is -0.441 e. The summed E-state index contributed by atoms with van der Waals surface area (Å²) in [5.74, 6) is 0.197. The molecule has 0 saturated carbocycles. The van der Waals surface area contributed by atoms with Gasteiger partial charge in [-0.25, -0.2) is 0 Å². The number of hydrogen-bond donors (Lipinski definition) is 0. The Bertz CT molecular complexity index is 510. The van der Waals surface area contributed by atoms with Gasteiger partial charge in [0, 0.05) is 4.88 Å². The first-order valence-electron chi connectivity index (χ1n) is 4.45. The lowest BCUT2D eigenvalue weighted by molar-refractivity contribution is 0.101. The Morgan fingerprint density at radius 1 is 1.40 bits per heavy atom. The highest BCUT2D eigenvalue weighted by Crippen LogP contribution is 2.25. The summed E-state index contributed by atoms with van der Waals surface area (Å²) in [6.45, 7) is 3.89. The van der Waals surface area contributed by atoms with Gasteiger partial charge in [0.25, 0.3) is 0 Å². The molecule has 0 spiro atoms. The van der Waals surface area contributed by atoms with Crippen molar-refractivity contribution in [2.75, 3.05) is 0 Å². The number of carbonyl (C=O) groups excluding carboxylic acids is 1. The quantitative estimate of drug-likeness (QED) is 0.747. The fourth-order valence-electron chi connectivity index (χ4n) is 1.42. The van der Waals surface area contributed by atoms with Crippen LogP contribution < -0.4 is 0 Å². The molecular weight excluding hydrogens is 232 g/mol. The molecule has 2 heterocycles. The van der Waals surface area contributed by atoms with Crippen LogP contribution in [-0.4, -0.2) is 5.78 Å². The largest absolute Gasteiger partial charge is 0.441 e. The van der Waals surface area contributed by atoms with Crippen molar-refractivity contribution in [3.63, 3.8) is 0 Å². The molecule has 15 heavy (non-hydrogen) atoms. The predicted octanol–water partition coefficient (Wildman–Crippen LogP) is 3.84. The summed E-state index contributed by atoms with van der Waals surface area (Å²) in [5.41, 5.74) is 0.982. The van der Waals surface area contributed by atoms with Gasteiger partial charge < -0.3 is 4.42 Å². The summed E-state index contributed by atoms with van der Waals surface area (Å²) in [4.78, 5) is 13.8. The average Bonchev–Trinajstić information content (AvgIpc) is 2.71. The minimum atomic E-state index is -0.0995. The summed E-state index contributed by atoms with van der Waals surface area (Å²) in [6.07, 6.45) is 0. The predicted molar refractivity (Wildman–Crippen MR) is 60.9 cm³/mol. The SMILES string of the molecule is Cc1cc(C)c(C(=O)c2ccc(Cl)o2)s1. The topological polar surface area (TPSA) is 30.2 Å². The highest BCUT2D eigenvalue weighted by atomic mass is 35.5. The minimum absolute atomic E-state index is 0.0995. The monoisotopic (exact) mass is 240 g/mol. The van der Waals surface area contributed by atoms with Crippen molar-refractivity contribution in [1.82, 2.24) is 0 Å². The van der Waals surface area contributed by atoms with E-state index in [1.807, 2.05) is 19.9 Å². The molecule has 0 aliphatic rings. The second-order valence-corrected chi connectivity index (χ2v) is 4.93. The van der Waals surface area contributed by atoms with Crippen LogP contribution >= 0.6 is 22.9 Å². The molecule has 78 valence electrons. The van der Waals surface area contributed by atoms with Gasteiger partial charge in [0.05, 0.1) is 4.88 Å². The molecule has 0 N–H and O–H groups in total. The molecule has 0 amide bonds. The Balaban J connectivity index is 2.40. The van der Waals surface area contributed by atoms with Gasteiger partial charge >= 0.3 is 0 Å². The lowest BCUT2D eigenvalue weighted by atomic mass is 10.2. The van der Waals surface area contributed by atoms with Gasteiger partial charge in [-0.2, -0.15) is 0 Å².